The van der Waals surface area contributed by atoms with Gasteiger partial charge in [-0.25, -0.2) is 0 Å². The number of fused-ring (bicyclic) bond motifs is 1. The number of nitrogens with zero attached hydrogens (tertiary/aromatic N) is 2. The summed E-state index contributed by atoms with van der Waals surface area (Å²) in [6.45, 7) is 0. The number of rotatable bonds is 0. The van der Waals surface area contributed by atoms with Crippen molar-refractivity contribution in [3.8, 4) is 6.07 Å². The van der Waals surface area contributed by atoms with Crippen LogP contribution in [0.25, 0.3) is 10.1 Å². The fourth-order valence-electron chi connectivity index (χ4n) is 0.969. The second kappa shape index (κ2) is 2.33. The van der Waals surface area contributed by atoms with Gasteiger partial charge in [0.2, 0.25) is 0 Å². The van der Waals surface area contributed by atoms with Gasteiger partial charge in [-0.1, -0.05) is 0 Å². The van der Waals surface area contributed by atoms with E-state index in [1.165, 1.54) is 0 Å². The molecule has 52 valence electrons. The van der Waals surface area contributed by atoms with Crippen LogP contribution in [0.5, 0.6) is 0 Å². The van der Waals surface area contributed by atoms with Crippen LogP contribution in [0.1, 0.15) is 5.56 Å². The molecule has 0 saturated carbocycles. The highest BCUT2D eigenvalue weighted by Gasteiger charge is 2.00. The molecule has 0 unspecified atom stereocenters. The topological polar surface area (TPSA) is 36.7 Å². The van der Waals surface area contributed by atoms with Gasteiger partial charge in [-0.05, 0) is 6.07 Å². The molecule has 2 heterocycles. The summed E-state index contributed by atoms with van der Waals surface area (Å²) in [6, 6.07) is 4.00. The summed E-state index contributed by atoms with van der Waals surface area (Å²) >= 11 is 1.55. The average Bonchev–Trinajstić information content (AvgIpc) is 2.47. The van der Waals surface area contributed by atoms with Gasteiger partial charge in [0.1, 0.15) is 6.07 Å². The first kappa shape index (κ1) is 6.32. The van der Waals surface area contributed by atoms with Crippen molar-refractivity contribution < 1.29 is 0 Å². The minimum Gasteiger partial charge on any atom is -0.263 e. The van der Waals surface area contributed by atoms with Crippen molar-refractivity contribution in [2.24, 2.45) is 0 Å². The molecule has 2 aromatic heterocycles. The summed E-state index contributed by atoms with van der Waals surface area (Å²) in [5, 5.41) is 11.5. The van der Waals surface area contributed by atoms with E-state index in [9.17, 15) is 0 Å². The lowest BCUT2D eigenvalue weighted by Gasteiger charge is -1.84. The number of thiophene rings is 1. The van der Waals surface area contributed by atoms with E-state index in [-0.39, 0.29) is 0 Å². The average molecular weight is 160 g/mol. The zero-order chi connectivity index (χ0) is 7.68. The van der Waals surface area contributed by atoms with Gasteiger partial charge in [0, 0.05) is 23.2 Å². The summed E-state index contributed by atoms with van der Waals surface area (Å²) < 4.78 is 1.07. The number of hydrogen-bond donors (Lipinski definition) is 0. The maximum Gasteiger partial charge on any atom is 0.101 e. The van der Waals surface area contributed by atoms with E-state index in [0.717, 1.165) is 15.6 Å². The zero-order valence-corrected chi connectivity index (χ0v) is 6.43. The monoisotopic (exact) mass is 160 g/mol. The number of aromatic nitrogens is 1. The van der Waals surface area contributed by atoms with E-state index in [4.69, 9.17) is 5.26 Å². The Bertz CT molecular complexity index is 425. The lowest BCUT2D eigenvalue weighted by Crippen LogP contribution is -1.70. The lowest BCUT2D eigenvalue weighted by atomic mass is 10.2. The smallest absolute Gasteiger partial charge is 0.101 e. The maximum absolute atomic E-state index is 8.66. The number of hydrogen-bond acceptors (Lipinski definition) is 3. The number of nitriles is 1. The van der Waals surface area contributed by atoms with Crippen molar-refractivity contribution in [3.63, 3.8) is 0 Å². The maximum atomic E-state index is 8.66. The highest BCUT2D eigenvalue weighted by molar-refractivity contribution is 7.17. The molecule has 0 aromatic carbocycles. The highest BCUT2D eigenvalue weighted by Crippen LogP contribution is 2.23. The van der Waals surface area contributed by atoms with Gasteiger partial charge in [0.05, 0.1) is 10.3 Å². The van der Waals surface area contributed by atoms with E-state index >= 15 is 0 Å². The van der Waals surface area contributed by atoms with Crippen molar-refractivity contribution in [3.05, 3.63) is 29.4 Å². The Morgan fingerprint density at radius 1 is 1.55 bits per heavy atom. The first-order valence-corrected chi connectivity index (χ1v) is 4.01. The second-order valence-corrected chi connectivity index (χ2v) is 3.04. The molecule has 0 aliphatic carbocycles. The summed E-state index contributed by atoms with van der Waals surface area (Å²) in [5.41, 5.74) is 0.743. The van der Waals surface area contributed by atoms with Crippen LogP contribution in [0.2, 0.25) is 0 Å². The molecule has 0 atom stereocenters. The summed E-state index contributed by atoms with van der Waals surface area (Å²) in [6.07, 6.45) is 3.48. The van der Waals surface area contributed by atoms with Crippen molar-refractivity contribution in [1.29, 1.82) is 5.26 Å². The first-order chi connectivity index (χ1) is 5.42. The van der Waals surface area contributed by atoms with Crippen LogP contribution in [0, 0.1) is 11.3 Å². The molecule has 0 bridgehead atoms. The van der Waals surface area contributed by atoms with Gasteiger partial charge < -0.3 is 0 Å². The van der Waals surface area contributed by atoms with Crippen LogP contribution in [-0.4, -0.2) is 4.98 Å². The van der Waals surface area contributed by atoms with Crippen LogP contribution >= 0.6 is 11.3 Å². The highest BCUT2D eigenvalue weighted by atomic mass is 32.1. The molecular formula is C8H4N2S. The van der Waals surface area contributed by atoms with Crippen molar-refractivity contribution in [1.82, 2.24) is 4.98 Å². The van der Waals surface area contributed by atoms with Crippen molar-refractivity contribution >= 4 is 21.4 Å². The Morgan fingerprint density at radius 3 is 3.27 bits per heavy atom. The van der Waals surface area contributed by atoms with Crippen molar-refractivity contribution in [2.75, 3.05) is 0 Å². The summed E-state index contributed by atoms with van der Waals surface area (Å²) in [5.74, 6) is 0. The molecule has 2 aromatic rings. The quantitative estimate of drug-likeness (QED) is 0.592. The fraction of sp³-hybridized carbons (Fsp3) is 0. The molecule has 0 fully saturated rings. The third kappa shape index (κ3) is 0.883. The van der Waals surface area contributed by atoms with Crippen LogP contribution < -0.4 is 0 Å². The van der Waals surface area contributed by atoms with E-state index in [1.54, 1.807) is 23.7 Å². The molecule has 0 aliphatic rings. The molecule has 0 radical (unpaired) electrons. The molecule has 11 heavy (non-hydrogen) atoms. The van der Waals surface area contributed by atoms with Crippen molar-refractivity contribution in [2.45, 2.75) is 0 Å². The van der Waals surface area contributed by atoms with Crippen LogP contribution in [0.15, 0.2) is 23.8 Å². The predicted molar refractivity (Wildman–Crippen MR) is 44.3 cm³/mol. The minimum atomic E-state index is 0.743. The third-order valence-corrected chi connectivity index (χ3v) is 2.43. The molecule has 2 nitrogen and oxygen atoms in total. The van der Waals surface area contributed by atoms with Crippen LogP contribution in [-0.2, 0) is 0 Å². The van der Waals surface area contributed by atoms with E-state index in [0.29, 0.717) is 0 Å². The van der Waals surface area contributed by atoms with Crippen LogP contribution in [0.4, 0.5) is 0 Å². The van der Waals surface area contributed by atoms with Gasteiger partial charge in [-0.2, -0.15) is 5.26 Å². The van der Waals surface area contributed by atoms with Gasteiger partial charge in [-0.15, -0.1) is 11.3 Å². The molecule has 0 N–H and O–H groups in total. The first-order valence-electron chi connectivity index (χ1n) is 3.13. The summed E-state index contributed by atoms with van der Waals surface area (Å²) in [4.78, 5) is 3.96. The van der Waals surface area contributed by atoms with E-state index in [2.05, 4.69) is 11.1 Å². The Hall–Kier alpha value is -1.40. The molecule has 0 amide bonds. The largest absolute Gasteiger partial charge is 0.263 e. The van der Waals surface area contributed by atoms with E-state index in [1.807, 2.05) is 11.4 Å². The molecule has 0 spiro atoms. The fourth-order valence-corrected chi connectivity index (χ4v) is 1.82. The van der Waals surface area contributed by atoms with Crippen LogP contribution in [0.3, 0.4) is 0 Å². The Labute approximate surface area is 67.7 Å². The molecule has 0 saturated heterocycles. The Balaban J connectivity index is 2.89. The van der Waals surface area contributed by atoms with Gasteiger partial charge in [0.25, 0.3) is 0 Å². The molecule has 0 aliphatic heterocycles. The third-order valence-electron chi connectivity index (χ3n) is 1.50. The standard InChI is InChI=1S/C8H4N2S/c9-3-6-5-11-8-4-10-2-1-7(6)8/h1-2,4-5H. The SMILES string of the molecule is N#Cc1csc2cnccc12. The predicted octanol–water partition coefficient (Wildman–Crippen LogP) is 2.17. The molecule has 2 rings (SSSR count). The second-order valence-electron chi connectivity index (χ2n) is 2.13. The molecule has 3 heteroatoms. The van der Waals surface area contributed by atoms with E-state index < -0.39 is 0 Å². The van der Waals surface area contributed by atoms with Gasteiger partial charge in [0.15, 0.2) is 0 Å². The summed E-state index contributed by atoms with van der Waals surface area (Å²) in [7, 11) is 0. The zero-order valence-electron chi connectivity index (χ0n) is 5.61. The minimum absolute atomic E-state index is 0.743. The van der Waals surface area contributed by atoms with Gasteiger partial charge in [-0.3, -0.25) is 4.98 Å². The van der Waals surface area contributed by atoms with Gasteiger partial charge >= 0.3 is 0 Å². The number of pyridine rings is 1. The lowest BCUT2D eigenvalue weighted by molar-refractivity contribution is 1.37. The molecular weight excluding hydrogens is 156 g/mol. The Kier molecular flexibility index (Phi) is 1.34. The normalized spacial score (nSPS) is 9.73. The Morgan fingerprint density at radius 2 is 2.45 bits per heavy atom.